The first-order valence-corrected chi connectivity index (χ1v) is 22.6. The third kappa shape index (κ3) is 9.86. The second kappa shape index (κ2) is 19.2. The SMILES string of the molecule is CC/C(=C(\C1CCC(O)CC1)C1CCC(OCCCC(O)CN2CCN(C3CCC4C(=O)N(C5CCC(=O)NC5=O)CC4C3F)CC2)CC1)C1CCCCC1. The van der Waals surface area contributed by atoms with Crippen LogP contribution >= 0.6 is 0 Å². The van der Waals surface area contributed by atoms with Crippen LogP contribution < -0.4 is 5.32 Å². The van der Waals surface area contributed by atoms with Gasteiger partial charge in [0.1, 0.15) is 12.2 Å². The highest BCUT2D eigenvalue weighted by Crippen LogP contribution is 2.46. The Labute approximate surface area is 329 Å². The minimum Gasteiger partial charge on any atom is -0.393 e. The number of β-amino-alcohol motifs (C(OH)–C–C–N with tert-alkyl or cyclic N) is 1. The lowest BCUT2D eigenvalue weighted by Gasteiger charge is -2.44. The molecule has 0 bridgehead atoms. The molecule has 6 atom stereocenters. The van der Waals surface area contributed by atoms with Crippen molar-refractivity contribution >= 4 is 17.7 Å². The smallest absolute Gasteiger partial charge is 0.249 e. The molecule has 4 aliphatic carbocycles. The number of piperazine rings is 1. The average Bonchev–Trinajstić information content (AvgIpc) is 3.53. The molecule has 7 aliphatic rings. The Bertz CT molecular complexity index is 1330. The number of hydrogen-bond acceptors (Lipinski definition) is 8. The monoisotopic (exact) mass is 771 g/mol. The van der Waals surface area contributed by atoms with Gasteiger partial charge in [0.2, 0.25) is 17.7 Å². The summed E-state index contributed by atoms with van der Waals surface area (Å²) in [6.45, 7) is 7.00. The Balaban J connectivity index is 0.803. The van der Waals surface area contributed by atoms with Gasteiger partial charge in [0.05, 0.1) is 18.3 Å². The van der Waals surface area contributed by atoms with Crippen molar-refractivity contribution < 1.29 is 33.7 Å². The summed E-state index contributed by atoms with van der Waals surface area (Å²) in [4.78, 5) is 43.4. The lowest BCUT2D eigenvalue weighted by molar-refractivity contribution is -0.145. The fourth-order valence-corrected chi connectivity index (χ4v) is 12.1. The Hall–Kier alpha value is -1.92. The Morgan fingerprint density at radius 2 is 1.55 bits per heavy atom. The van der Waals surface area contributed by atoms with Crippen LogP contribution in [0.1, 0.15) is 135 Å². The number of allylic oxidation sites excluding steroid dienone is 2. The predicted molar refractivity (Wildman–Crippen MR) is 210 cm³/mol. The number of imide groups is 1. The molecule has 3 N–H and O–H groups in total. The van der Waals surface area contributed by atoms with Crippen LogP contribution in [0, 0.1) is 29.6 Å². The van der Waals surface area contributed by atoms with Crippen LogP contribution in [0.3, 0.4) is 0 Å². The number of nitrogens with one attached hydrogen (secondary N) is 1. The molecule has 10 nitrogen and oxygen atoms in total. The Morgan fingerprint density at radius 1 is 0.855 bits per heavy atom. The topological polar surface area (TPSA) is 123 Å². The van der Waals surface area contributed by atoms with E-state index in [-0.39, 0.29) is 42.8 Å². The Morgan fingerprint density at radius 3 is 2.22 bits per heavy atom. The number of ether oxygens (including phenoxy) is 1. The molecule has 0 aromatic heterocycles. The van der Waals surface area contributed by atoms with Crippen molar-refractivity contribution in [3.8, 4) is 0 Å². The van der Waals surface area contributed by atoms with E-state index in [1.54, 1.807) is 10.5 Å². The molecular formula is C44H71FN4O6. The van der Waals surface area contributed by atoms with Crippen molar-refractivity contribution in [3.63, 3.8) is 0 Å². The minimum absolute atomic E-state index is 0.110. The van der Waals surface area contributed by atoms with Gasteiger partial charge < -0.3 is 19.8 Å². The van der Waals surface area contributed by atoms with Crippen molar-refractivity contribution in [1.29, 1.82) is 0 Å². The van der Waals surface area contributed by atoms with Gasteiger partial charge in [-0.25, -0.2) is 4.39 Å². The number of nitrogens with zero attached hydrogens (tertiary/aromatic N) is 3. The molecule has 3 heterocycles. The van der Waals surface area contributed by atoms with Crippen LogP contribution in [0.4, 0.5) is 4.39 Å². The van der Waals surface area contributed by atoms with E-state index >= 15 is 4.39 Å². The van der Waals surface area contributed by atoms with Crippen LogP contribution in [-0.4, -0.2) is 125 Å². The number of aliphatic hydroxyl groups is 2. The molecule has 3 saturated heterocycles. The molecule has 0 radical (unpaired) electrons. The summed E-state index contributed by atoms with van der Waals surface area (Å²) in [5, 5.41) is 23.5. The summed E-state index contributed by atoms with van der Waals surface area (Å²) >= 11 is 0. The maximum Gasteiger partial charge on any atom is 0.249 e. The summed E-state index contributed by atoms with van der Waals surface area (Å²) in [5.41, 5.74) is 3.60. The van der Waals surface area contributed by atoms with Crippen LogP contribution in [0.25, 0.3) is 0 Å². The van der Waals surface area contributed by atoms with Crippen molar-refractivity contribution in [3.05, 3.63) is 11.1 Å². The van der Waals surface area contributed by atoms with E-state index in [9.17, 15) is 24.6 Å². The molecule has 310 valence electrons. The summed E-state index contributed by atoms with van der Waals surface area (Å²) in [6, 6.07) is -0.906. The molecule has 11 heteroatoms. The molecule has 7 fully saturated rings. The molecule has 4 saturated carbocycles. The highest BCUT2D eigenvalue weighted by molar-refractivity contribution is 6.02. The standard InChI is InChI=1S/C44H71FN4O6/c1-2-35(29-7-4-3-5-8-29)41(30-10-14-32(50)15-11-30)31-12-16-34(17-13-31)55-26-6-9-33(51)27-47-22-24-48(25-23-47)38-19-18-36-37(42(38)45)28-49(44(36)54)39-20-21-40(52)46-43(39)53/h29-34,36-39,42,50-51H,2-28H2,1H3,(H,46,52,53)/b41-35-. The van der Waals surface area contributed by atoms with Crippen LogP contribution in [0.2, 0.25) is 0 Å². The largest absolute Gasteiger partial charge is 0.393 e. The fraction of sp³-hybridized carbons (Fsp3) is 0.886. The zero-order valence-corrected chi connectivity index (χ0v) is 33.7. The number of carbonyl (C=O) groups is 3. The van der Waals surface area contributed by atoms with Crippen molar-refractivity contribution in [2.24, 2.45) is 29.6 Å². The van der Waals surface area contributed by atoms with Crippen LogP contribution in [0.5, 0.6) is 0 Å². The minimum atomic E-state index is -1.13. The van der Waals surface area contributed by atoms with Gasteiger partial charge in [-0.1, -0.05) is 37.3 Å². The molecule has 3 amide bonds. The molecule has 3 aliphatic heterocycles. The first-order chi connectivity index (χ1) is 26.7. The number of hydrogen-bond donors (Lipinski definition) is 3. The number of aliphatic hydroxyl groups excluding tert-OH is 2. The second-order valence-corrected chi connectivity index (χ2v) is 18.5. The number of alkyl halides is 1. The van der Waals surface area contributed by atoms with Crippen LogP contribution in [-0.2, 0) is 19.1 Å². The van der Waals surface area contributed by atoms with Crippen molar-refractivity contribution in [1.82, 2.24) is 20.0 Å². The molecule has 7 rings (SSSR count). The quantitative estimate of drug-likeness (QED) is 0.127. The van der Waals surface area contributed by atoms with Crippen molar-refractivity contribution in [2.75, 3.05) is 45.9 Å². The second-order valence-electron chi connectivity index (χ2n) is 18.5. The molecule has 0 aromatic rings. The van der Waals surface area contributed by atoms with E-state index in [1.807, 2.05) is 5.57 Å². The highest BCUT2D eigenvalue weighted by Gasteiger charge is 2.53. The maximum absolute atomic E-state index is 16.1. The van der Waals surface area contributed by atoms with E-state index in [2.05, 4.69) is 22.0 Å². The van der Waals surface area contributed by atoms with Gasteiger partial charge in [0.25, 0.3) is 0 Å². The summed E-state index contributed by atoms with van der Waals surface area (Å²) in [5.74, 6) is 0.427. The zero-order chi connectivity index (χ0) is 38.5. The molecule has 55 heavy (non-hydrogen) atoms. The van der Waals surface area contributed by atoms with E-state index in [0.717, 1.165) is 77.0 Å². The van der Waals surface area contributed by atoms with Gasteiger partial charge in [0, 0.05) is 70.2 Å². The van der Waals surface area contributed by atoms with Gasteiger partial charge in [0.15, 0.2) is 0 Å². The summed E-state index contributed by atoms with van der Waals surface area (Å²) in [7, 11) is 0. The van der Waals surface area contributed by atoms with E-state index in [0.29, 0.717) is 56.8 Å². The van der Waals surface area contributed by atoms with Gasteiger partial charge in [-0.3, -0.25) is 29.5 Å². The molecule has 6 unspecified atom stereocenters. The third-order valence-electron chi connectivity index (χ3n) is 15.1. The van der Waals surface area contributed by atoms with Gasteiger partial charge >= 0.3 is 0 Å². The fourth-order valence-electron chi connectivity index (χ4n) is 12.1. The summed E-state index contributed by atoms with van der Waals surface area (Å²) in [6.07, 6.45) is 18.9. The van der Waals surface area contributed by atoms with Crippen molar-refractivity contribution in [2.45, 2.75) is 172 Å². The van der Waals surface area contributed by atoms with Gasteiger partial charge in [-0.2, -0.15) is 0 Å². The Kier molecular flexibility index (Phi) is 14.4. The molecular weight excluding hydrogens is 700 g/mol. The number of rotatable bonds is 13. The number of carbonyl (C=O) groups excluding carboxylic acids is 3. The highest BCUT2D eigenvalue weighted by atomic mass is 19.1. The first kappa shape index (κ1) is 41.2. The number of likely N-dealkylation sites (tertiary alicyclic amines) is 1. The number of halogens is 1. The maximum atomic E-state index is 16.1. The zero-order valence-electron chi connectivity index (χ0n) is 33.7. The third-order valence-corrected chi connectivity index (χ3v) is 15.1. The molecule has 0 aromatic carbocycles. The number of fused-ring (bicyclic) bond motifs is 1. The molecule has 0 spiro atoms. The van der Waals surface area contributed by atoms with E-state index in [4.69, 9.17) is 4.74 Å². The van der Waals surface area contributed by atoms with Gasteiger partial charge in [-0.15, -0.1) is 0 Å². The average molecular weight is 771 g/mol. The number of amides is 3. The van der Waals surface area contributed by atoms with E-state index < -0.39 is 30.1 Å². The van der Waals surface area contributed by atoms with E-state index in [1.165, 1.54) is 51.4 Å². The summed E-state index contributed by atoms with van der Waals surface area (Å²) < 4.78 is 22.5. The van der Waals surface area contributed by atoms with Gasteiger partial charge in [-0.05, 0) is 120 Å². The normalized spacial score (nSPS) is 37.1. The predicted octanol–water partition coefficient (Wildman–Crippen LogP) is 5.54. The lowest BCUT2D eigenvalue weighted by atomic mass is 9.68. The number of piperidine rings is 1. The lowest BCUT2D eigenvalue weighted by Crippen LogP contribution is -2.57. The first-order valence-electron chi connectivity index (χ1n) is 22.6. The van der Waals surface area contributed by atoms with Crippen LogP contribution in [0.15, 0.2) is 11.1 Å².